The van der Waals surface area contributed by atoms with E-state index >= 15 is 0 Å². The van der Waals surface area contributed by atoms with Crippen LogP contribution in [0.25, 0.3) is 41.6 Å². The Balaban J connectivity index is 1.27. The van der Waals surface area contributed by atoms with Crippen molar-refractivity contribution in [2.75, 3.05) is 5.32 Å². The van der Waals surface area contributed by atoms with Gasteiger partial charge in [-0.25, -0.2) is 22.8 Å². The maximum absolute atomic E-state index is 13.1. The smallest absolute Gasteiger partial charge is 0.255 e. The van der Waals surface area contributed by atoms with E-state index in [2.05, 4.69) is 10.3 Å². The van der Waals surface area contributed by atoms with Crippen molar-refractivity contribution in [3.05, 3.63) is 95.8 Å². The van der Waals surface area contributed by atoms with Crippen LogP contribution in [0.1, 0.15) is 15.9 Å². The normalized spacial score (nSPS) is 11.8. The van der Waals surface area contributed by atoms with Gasteiger partial charge in [-0.3, -0.25) is 4.79 Å². The molecule has 0 unspecified atom stereocenters. The van der Waals surface area contributed by atoms with Crippen LogP contribution in [0.2, 0.25) is 0 Å². The molecule has 7 nitrogen and oxygen atoms in total. The Labute approximate surface area is 230 Å². The lowest BCUT2D eigenvalue weighted by Crippen LogP contribution is -2.11. The monoisotopic (exact) mass is 574 g/mol. The van der Waals surface area contributed by atoms with Crippen LogP contribution >= 0.6 is 22.7 Å². The highest BCUT2D eigenvalue weighted by atomic mass is 32.2. The Bertz CT molecular complexity index is 2000. The summed E-state index contributed by atoms with van der Waals surface area (Å²) in [5.41, 5.74) is 4.29. The predicted molar refractivity (Wildman–Crippen MR) is 151 cm³/mol. The summed E-state index contributed by atoms with van der Waals surface area (Å²) < 4.78 is 50.0. The molecule has 0 atom stereocenters. The first-order chi connectivity index (χ1) is 18.7. The molecular formula is C28H17FN3O4S3-. The molecule has 1 amide bonds. The van der Waals surface area contributed by atoms with E-state index in [-0.39, 0.29) is 10.8 Å². The molecule has 4 aromatic carbocycles. The Morgan fingerprint density at radius 3 is 2.21 bits per heavy atom. The maximum Gasteiger partial charge on any atom is 0.255 e. The highest BCUT2D eigenvalue weighted by molar-refractivity contribution is 7.86. The molecule has 6 rings (SSSR count). The number of carbonyl (C=O) groups excluding carboxylic acids is 1. The molecule has 39 heavy (non-hydrogen) atoms. The third-order valence-electron chi connectivity index (χ3n) is 6.09. The number of hydrogen-bond donors (Lipinski definition) is 1. The van der Waals surface area contributed by atoms with Crippen molar-refractivity contribution >= 4 is 64.8 Å². The minimum absolute atomic E-state index is 0.220. The molecule has 0 spiro atoms. The maximum atomic E-state index is 13.1. The fourth-order valence-corrected chi connectivity index (χ4v) is 7.47. The average molecular weight is 575 g/mol. The van der Waals surface area contributed by atoms with Gasteiger partial charge in [-0.05, 0) is 85.3 Å². The second-order valence-corrected chi connectivity index (χ2v) is 12.1. The fraction of sp³-hybridized carbons (Fsp3) is 0.0357. The van der Waals surface area contributed by atoms with Gasteiger partial charge in [0, 0.05) is 22.4 Å². The minimum Gasteiger partial charge on any atom is -0.744 e. The van der Waals surface area contributed by atoms with Gasteiger partial charge in [0.05, 0.1) is 25.3 Å². The molecule has 0 aliphatic heterocycles. The number of fused-ring (bicyclic) bond motifs is 2. The number of nitrogens with one attached hydrogen (secondary N) is 1. The summed E-state index contributed by atoms with van der Waals surface area (Å²) >= 11 is 2.67. The summed E-state index contributed by atoms with van der Waals surface area (Å²) in [7, 11) is -4.64. The molecule has 194 valence electrons. The number of amides is 1. The zero-order valence-electron chi connectivity index (χ0n) is 20.1. The molecule has 0 saturated carbocycles. The number of aryl methyl sites for hydroxylation is 1. The summed E-state index contributed by atoms with van der Waals surface area (Å²) in [6.07, 6.45) is 0. The van der Waals surface area contributed by atoms with Crippen LogP contribution in [0.4, 0.5) is 10.1 Å². The lowest BCUT2D eigenvalue weighted by molar-refractivity contribution is 0.102. The molecule has 1 N–H and O–H groups in total. The zero-order valence-corrected chi connectivity index (χ0v) is 22.6. The van der Waals surface area contributed by atoms with E-state index in [4.69, 9.17) is 4.98 Å². The number of aromatic nitrogens is 2. The lowest BCUT2D eigenvalue weighted by atomic mass is 10.2. The first kappa shape index (κ1) is 25.3. The van der Waals surface area contributed by atoms with Crippen LogP contribution in [-0.2, 0) is 10.1 Å². The van der Waals surface area contributed by atoms with Crippen LogP contribution in [0.5, 0.6) is 0 Å². The molecule has 2 aromatic heterocycles. The summed E-state index contributed by atoms with van der Waals surface area (Å²) in [6, 6.07) is 21.6. The summed E-state index contributed by atoms with van der Waals surface area (Å²) in [5.74, 6) is -0.738. The van der Waals surface area contributed by atoms with Crippen molar-refractivity contribution in [3.63, 3.8) is 0 Å². The van der Waals surface area contributed by atoms with Gasteiger partial charge in [0.2, 0.25) is 0 Å². The highest BCUT2D eigenvalue weighted by Gasteiger charge is 2.17. The van der Waals surface area contributed by atoms with Crippen molar-refractivity contribution in [1.29, 1.82) is 0 Å². The Morgan fingerprint density at radius 2 is 1.49 bits per heavy atom. The minimum atomic E-state index is -4.64. The number of halogens is 1. The van der Waals surface area contributed by atoms with Crippen LogP contribution < -0.4 is 5.32 Å². The summed E-state index contributed by atoms with van der Waals surface area (Å²) in [4.78, 5) is 21.5. The van der Waals surface area contributed by atoms with Gasteiger partial charge in [-0.2, -0.15) is 0 Å². The molecule has 0 radical (unpaired) electrons. The number of hydrogen-bond acceptors (Lipinski definition) is 8. The molecule has 11 heteroatoms. The standard InChI is InChI=1S/C28H18FN3O4S3/c1-15-2-12-22-24(25(15)39(34,35)36)38-28(32-22)18-7-13-21-23(14-18)37-27(31-21)17-5-10-20(11-6-17)30-26(33)16-3-8-19(29)9-4-16/h2-14H,1H3,(H,30,33)(H,34,35,36)/p-1. The number of anilines is 1. The molecular weight excluding hydrogens is 558 g/mol. The van der Waals surface area contributed by atoms with Gasteiger partial charge in [0.15, 0.2) is 0 Å². The highest BCUT2D eigenvalue weighted by Crippen LogP contribution is 2.38. The van der Waals surface area contributed by atoms with Crippen LogP contribution in [0.15, 0.2) is 83.8 Å². The van der Waals surface area contributed by atoms with Gasteiger partial charge in [-0.1, -0.05) is 6.07 Å². The third kappa shape index (κ3) is 4.92. The van der Waals surface area contributed by atoms with Gasteiger partial charge in [0.25, 0.3) is 5.91 Å². The summed E-state index contributed by atoms with van der Waals surface area (Å²) in [6.45, 7) is 1.60. The number of benzene rings is 4. The fourth-order valence-electron chi connectivity index (χ4n) is 4.18. The number of carbonyl (C=O) groups is 1. The first-order valence-corrected chi connectivity index (χ1v) is 14.6. The molecule has 0 aliphatic carbocycles. The van der Waals surface area contributed by atoms with Crippen molar-refractivity contribution in [1.82, 2.24) is 9.97 Å². The second kappa shape index (κ2) is 9.62. The van der Waals surface area contributed by atoms with Crippen molar-refractivity contribution in [2.45, 2.75) is 11.8 Å². The van der Waals surface area contributed by atoms with Gasteiger partial charge < -0.3 is 9.87 Å². The van der Waals surface area contributed by atoms with E-state index in [9.17, 15) is 22.2 Å². The van der Waals surface area contributed by atoms with Gasteiger partial charge in [0.1, 0.15) is 26.0 Å². The van der Waals surface area contributed by atoms with E-state index in [1.165, 1.54) is 46.9 Å². The van der Waals surface area contributed by atoms with Crippen molar-refractivity contribution in [3.8, 4) is 21.1 Å². The quantitative estimate of drug-likeness (QED) is 0.226. The van der Waals surface area contributed by atoms with Crippen LogP contribution in [-0.4, -0.2) is 28.8 Å². The molecule has 0 fully saturated rings. The third-order valence-corrected chi connectivity index (χ3v) is 9.45. The van der Waals surface area contributed by atoms with Gasteiger partial charge in [-0.15, -0.1) is 22.7 Å². The Kier molecular flexibility index (Phi) is 6.23. The molecule has 0 bridgehead atoms. The number of thiazole rings is 2. The largest absolute Gasteiger partial charge is 0.744 e. The van der Waals surface area contributed by atoms with E-state index in [1.54, 1.807) is 31.2 Å². The van der Waals surface area contributed by atoms with Crippen molar-refractivity contribution < 1.29 is 22.2 Å². The molecule has 2 heterocycles. The van der Waals surface area contributed by atoms with Crippen LogP contribution in [0, 0.1) is 12.7 Å². The SMILES string of the molecule is Cc1ccc2nc(-c3ccc4nc(-c5ccc(NC(=O)c6ccc(F)cc6)cc5)sc4c3)sc2c1S(=O)(=O)[O-]. The average Bonchev–Trinajstić information content (AvgIpc) is 3.52. The van der Waals surface area contributed by atoms with E-state index in [1.807, 2.05) is 30.3 Å². The predicted octanol–water partition coefficient (Wildman–Crippen LogP) is 6.84. The van der Waals surface area contributed by atoms with Crippen LogP contribution in [0.3, 0.4) is 0 Å². The van der Waals surface area contributed by atoms with Crippen molar-refractivity contribution in [2.24, 2.45) is 0 Å². The number of nitrogens with zero attached hydrogens (tertiary/aromatic N) is 2. The lowest BCUT2D eigenvalue weighted by Gasteiger charge is -2.10. The Morgan fingerprint density at radius 1 is 0.846 bits per heavy atom. The van der Waals surface area contributed by atoms with Gasteiger partial charge >= 0.3 is 0 Å². The molecule has 0 saturated heterocycles. The summed E-state index contributed by atoms with van der Waals surface area (Å²) in [5, 5.41) is 4.19. The molecule has 0 aliphatic rings. The van der Waals surface area contributed by atoms with E-state index in [0.717, 1.165) is 26.4 Å². The zero-order chi connectivity index (χ0) is 27.3. The Hall–Kier alpha value is -4.03. The van der Waals surface area contributed by atoms with E-state index < -0.39 is 15.9 Å². The first-order valence-electron chi connectivity index (χ1n) is 11.6. The second-order valence-electron chi connectivity index (χ2n) is 8.77. The number of rotatable bonds is 5. The topological polar surface area (TPSA) is 112 Å². The molecule has 6 aromatic rings. The van der Waals surface area contributed by atoms with E-state index in [0.29, 0.717) is 32.0 Å².